The van der Waals surface area contributed by atoms with Gasteiger partial charge in [0.15, 0.2) is 0 Å². The van der Waals surface area contributed by atoms with Crippen LogP contribution in [0.1, 0.15) is 0 Å². The molecular formula is C46H26S2. The molecule has 0 radical (unpaired) electrons. The maximum atomic E-state index is 2.44. The molecule has 0 bridgehead atoms. The lowest BCUT2D eigenvalue weighted by Crippen LogP contribution is -1.91. The van der Waals surface area contributed by atoms with Crippen LogP contribution in [0.15, 0.2) is 158 Å². The standard InChI is InChI=1S/C46H26S2/c1-2-12-29-23-42-38(22-28(29)11-1)40-25-39-32-21-20-30(24-41(32)47-43(39)26-44(40)48-42)45-34-15-5-7-17-36(34)46(37-18-8-6-16-35(37)45)33-19-9-13-27-10-3-4-14-31(27)33/h1-26H. The second kappa shape index (κ2) is 9.98. The molecule has 2 aromatic heterocycles. The lowest BCUT2D eigenvalue weighted by Gasteiger charge is -2.18. The molecule has 0 aliphatic rings. The van der Waals surface area contributed by atoms with Crippen LogP contribution in [-0.4, -0.2) is 0 Å². The van der Waals surface area contributed by atoms with Crippen LogP contribution in [0.2, 0.25) is 0 Å². The first-order valence-electron chi connectivity index (χ1n) is 16.4. The highest BCUT2D eigenvalue weighted by molar-refractivity contribution is 7.28. The highest BCUT2D eigenvalue weighted by Gasteiger charge is 2.19. The van der Waals surface area contributed by atoms with E-state index in [4.69, 9.17) is 0 Å². The van der Waals surface area contributed by atoms with Crippen molar-refractivity contribution in [1.82, 2.24) is 0 Å². The second-order valence-electron chi connectivity index (χ2n) is 12.8. The van der Waals surface area contributed by atoms with E-state index in [9.17, 15) is 0 Å². The van der Waals surface area contributed by atoms with Gasteiger partial charge in [0.25, 0.3) is 0 Å². The van der Waals surface area contributed by atoms with Crippen molar-refractivity contribution >= 4 is 106 Å². The van der Waals surface area contributed by atoms with Crippen molar-refractivity contribution in [2.45, 2.75) is 0 Å². The van der Waals surface area contributed by atoms with Crippen LogP contribution in [-0.2, 0) is 0 Å². The van der Waals surface area contributed by atoms with Gasteiger partial charge in [-0.25, -0.2) is 0 Å². The van der Waals surface area contributed by atoms with Gasteiger partial charge in [-0.2, -0.15) is 0 Å². The Morgan fingerprint density at radius 2 is 0.771 bits per heavy atom. The Bertz CT molecular complexity index is 3060. The zero-order valence-corrected chi connectivity index (χ0v) is 27.5. The Labute approximate surface area is 284 Å². The zero-order valence-electron chi connectivity index (χ0n) is 25.8. The van der Waals surface area contributed by atoms with Gasteiger partial charge in [0.1, 0.15) is 0 Å². The average molecular weight is 643 g/mol. The molecule has 11 aromatic rings. The quantitative estimate of drug-likeness (QED) is 0.165. The van der Waals surface area contributed by atoms with Crippen molar-refractivity contribution in [3.8, 4) is 22.3 Å². The van der Waals surface area contributed by atoms with E-state index in [1.807, 2.05) is 22.7 Å². The van der Waals surface area contributed by atoms with E-state index in [-0.39, 0.29) is 0 Å². The summed E-state index contributed by atoms with van der Waals surface area (Å²) in [6, 6.07) is 58.9. The van der Waals surface area contributed by atoms with Crippen LogP contribution in [0.25, 0.3) is 106 Å². The van der Waals surface area contributed by atoms with Gasteiger partial charge in [0.2, 0.25) is 0 Å². The van der Waals surface area contributed by atoms with Gasteiger partial charge in [-0.15, -0.1) is 22.7 Å². The van der Waals surface area contributed by atoms with Crippen molar-refractivity contribution in [3.05, 3.63) is 158 Å². The molecular weight excluding hydrogens is 617 g/mol. The number of benzene rings is 9. The van der Waals surface area contributed by atoms with Crippen molar-refractivity contribution in [3.63, 3.8) is 0 Å². The van der Waals surface area contributed by atoms with Crippen LogP contribution >= 0.6 is 22.7 Å². The SMILES string of the molecule is c1ccc2cc3c(cc2c1)sc1cc2sc4cc(-c5c6ccccc6c(-c6cccc7ccccc67)c6ccccc56)ccc4c2cc13. The van der Waals surface area contributed by atoms with Crippen molar-refractivity contribution in [2.75, 3.05) is 0 Å². The fraction of sp³-hybridized carbons (Fsp3) is 0. The van der Waals surface area contributed by atoms with Gasteiger partial charge in [0.05, 0.1) is 0 Å². The first-order valence-corrected chi connectivity index (χ1v) is 18.1. The Hall–Kier alpha value is -5.54. The van der Waals surface area contributed by atoms with Crippen LogP contribution in [0, 0.1) is 0 Å². The summed E-state index contributed by atoms with van der Waals surface area (Å²) < 4.78 is 5.41. The molecule has 0 saturated heterocycles. The normalized spacial score (nSPS) is 12.2. The molecule has 0 unspecified atom stereocenters. The first kappa shape index (κ1) is 26.5. The van der Waals surface area contributed by atoms with E-state index in [1.165, 1.54) is 106 Å². The summed E-state index contributed by atoms with van der Waals surface area (Å²) in [5.41, 5.74) is 5.17. The molecule has 0 spiro atoms. The van der Waals surface area contributed by atoms with E-state index in [1.54, 1.807) is 0 Å². The summed E-state index contributed by atoms with van der Waals surface area (Å²) in [5, 5.41) is 15.7. The lowest BCUT2D eigenvalue weighted by molar-refractivity contribution is 1.69. The molecule has 0 nitrogen and oxygen atoms in total. The highest BCUT2D eigenvalue weighted by Crippen LogP contribution is 2.47. The van der Waals surface area contributed by atoms with Crippen LogP contribution in [0.5, 0.6) is 0 Å². The summed E-state index contributed by atoms with van der Waals surface area (Å²) in [4.78, 5) is 0. The minimum Gasteiger partial charge on any atom is -0.135 e. The summed E-state index contributed by atoms with van der Waals surface area (Å²) in [6.07, 6.45) is 0. The van der Waals surface area contributed by atoms with Gasteiger partial charge < -0.3 is 0 Å². The molecule has 2 heteroatoms. The molecule has 0 aliphatic heterocycles. The maximum Gasteiger partial charge on any atom is 0.0369 e. The molecule has 0 N–H and O–H groups in total. The molecule has 0 fully saturated rings. The smallest absolute Gasteiger partial charge is 0.0369 e. The molecule has 2 heterocycles. The summed E-state index contributed by atoms with van der Waals surface area (Å²) in [7, 11) is 0. The van der Waals surface area contributed by atoms with E-state index in [0.717, 1.165) is 0 Å². The van der Waals surface area contributed by atoms with Gasteiger partial charge in [-0.3, -0.25) is 0 Å². The largest absolute Gasteiger partial charge is 0.135 e. The molecule has 0 saturated carbocycles. The van der Waals surface area contributed by atoms with Crippen LogP contribution in [0.3, 0.4) is 0 Å². The van der Waals surface area contributed by atoms with Gasteiger partial charge in [0, 0.05) is 40.3 Å². The van der Waals surface area contributed by atoms with Crippen molar-refractivity contribution in [2.24, 2.45) is 0 Å². The van der Waals surface area contributed by atoms with Crippen molar-refractivity contribution in [1.29, 1.82) is 0 Å². The Balaban J connectivity index is 1.16. The summed E-state index contributed by atoms with van der Waals surface area (Å²) in [6.45, 7) is 0. The second-order valence-corrected chi connectivity index (χ2v) is 15.0. The monoisotopic (exact) mass is 642 g/mol. The predicted octanol–water partition coefficient (Wildman–Crippen LogP) is 14.4. The Morgan fingerprint density at radius 3 is 1.48 bits per heavy atom. The number of fused-ring (bicyclic) bond motifs is 10. The molecule has 0 aliphatic carbocycles. The number of thiophene rings is 2. The third-order valence-corrected chi connectivity index (χ3v) is 12.4. The zero-order chi connectivity index (χ0) is 31.3. The molecule has 222 valence electrons. The van der Waals surface area contributed by atoms with Gasteiger partial charge >= 0.3 is 0 Å². The van der Waals surface area contributed by atoms with Crippen LogP contribution < -0.4 is 0 Å². The third-order valence-electron chi connectivity index (χ3n) is 10.2. The van der Waals surface area contributed by atoms with E-state index < -0.39 is 0 Å². The van der Waals surface area contributed by atoms with E-state index in [2.05, 4.69) is 158 Å². The van der Waals surface area contributed by atoms with Gasteiger partial charge in [-0.1, -0.05) is 127 Å². The molecule has 0 atom stereocenters. The Morgan fingerprint density at radius 1 is 0.271 bits per heavy atom. The van der Waals surface area contributed by atoms with E-state index in [0.29, 0.717) is 0 Å². The number of hydrogen-bond donors (Lipinski definition) is 0. The topological polar surface area (TPSA) is 0 Å². The lowest BCUT2D eigenvalue weighted by atomic mass is 9.84. The molecule has 0 amide bonds. The number of rotatable bonds is 2. The van der Waals surface area contributed by atoms with Gasteiger partial charge in [-0.05, 0) is 95.7 Å². The molecule has 48 heavy (non-hydrogen) atoms. The number of hydrogen-bond acceptors (Lipinski definition) is 2. The summed E-state index contributed by atoms with van der Waals surface area (Å²) >= 11 is 3.83. The minimum atomic E-state index is 1.27. The molecule has 9 aromatic carbocycles. The van der Waals surface area contributed by atoms with E-state index >= 15 is 0 Å². The fourth-order valence-corrected chi connectivity index (χ4v) is 10.5. The maximum absolute atomic E-state index is 2.44. The predicted molar refractivity (Wildman–Crippen MR) is 213 cm³/mol. The minimum absolute atomic E-state index is 1.27. The molecule has 11 rings (SSSR count). The highest BCUT2D eigenvalue weighted by atomic mass is 32.1. The third kappa shape index (κ3) is 3.76. The first-order chi connectivity index (χ1) is 23.8. The Kier molecular flexibility index (Phi) is 5.51. The van der Waals surface area contributed by atoms with Crippen molar-refractivity contribution < 1.29 is 0 Å². The average Bonchev–Trinajstić information content (AvgIpc) is 3.67. The summed E-state index contributed by atoms with van der Waals surface area (Å²) in [5.74, 6) is 0. The fourth-order valence-electron chi connectivity index (χ4n) is 8.06. The van der Waals surface area contributed by atoms with Crippen LogP contribution in [0.4, 0.5) is 0 Å².